The van der Waals surface area contributed by atoms with E-state index in [1.165, 1.54) is 0 Å². The predicted molar refractivity (Wildman–Crippen MR) is 154 cm³/mol. The highest BCUT2D eigenvalue weighted by Gasteiger charge is 2.17. The summed E-state index contributed by atoms with van der Waals surface area (Å²) in [5.74, 6) is 0. The highest BCUT2D eigenvalue weighted by molar-refractivity contribution is 7.22. The van der Waals surface area contributed by atoms with Gasteiger partial charge in [-0.2, -0.15) is 0 Å². The number of hydrogen-bond donors (Lipinski definition) is 2. The summed E-state index contributed by atoms with van der Waals surface area (Å²) in [5, 5.41) is 7.41. The molecule has 6 heterocycles. The molecule has 192 valence electrons. The Morgan fingerprint density at radius 2 is 2.08 bits per heavy atom. The maximum absolute atomic E-state index is 12.8. The molecule has 38 heavy (non-hydrogen) atoms. The molecule has 5 aromatic heterocycles. The fraction of sp³-hybridized carbons (Fsp3) is 0.259. The number of aromatic amines is 1. The topological polar surface area (TPSA) is 101 Å². The van der Waals surface area contributed by atoms with Crippen LogP contribution in [0, 0.1) is 0 Å². The van der Waals surface area contributed by atoms with Gasteiger partial charge in [-0.3, -0.25) is 19.2 Å². The van der Waals surface area contributed by atoms with E-state index in [2.05, 4.69) is 38.2 Å². The second-order valence-corrected chi connectivity index (χ2v) is 11.5. The lowest BCUT2D eigenvalue weighted by Crippen LogP contribution is -2.42. The molecule has 11 heteroatoms. The summed E-state index contributed by atoms with van der Waals surface area (Å²) in [6.45, 7) is 6.67. The molecule has 6 aromatic rings. The van der Waals surface area contributed by atoms with Crippen LogP contribution in [0.3, 0.4) is 0 Å². The largest absolute Gasteiger partial charge is 0.379 e. The first-order chi connectivity index (χ1) is 18.6. The Balaban J connectivity index is 1.25. The molecule has 1 aliphatic heterocycles. The van der Waals surface area contributed by atoms with E-state index in [1.807, 2.05) is 40.3 Å². The zero-order chi connectivity index (χ0) is 25.6. The van der Waals surface area contributed by atoms with E-state index in [-0.39, 0.29) is 11.6 Å². The number of nitrogens with one attached hydrogen (secondary N) is 2. The van der Waals surface area contributed by atoms with Gasteiger partial charge in [-0.05, 0) is 42.6 Å². The maximum Gasteiger partial charge on any atom is 0.276 e. The zero-order valence-corrected chi connectivity index (χ0v) is 22.3. The minimum atomic E-state index is -0.225. The Kier molecular flexibility index (Phi) is 5.92. The third-order valence-electron chi connectivity index (χ3n) is 6.82. The van der Waals surface area contributed by atoms with Crippen LogP contribution in [0.4, 0.5) is 5.13 Å². The second-order valence-electron chi connectivity index (χ2n) is 9.49. The van der Waals surface area contributed by atoms with Crippen LogP contribution < -0.4 is 10.9 Å². The number of nitrogens with zero attached hydrogens (tertiary/aromatic N) is 5. The van der Waals surface area contributed by atoms with Crippen molar-refractivity contribution in [3.63, 3.8) is 0 Å². The van der Waals surface area contributed by atoms with Gasteiger partial charge < -0.3 is 15.0 Å². The van der Waals surface area contributed by atoms with Crippen molar-refractivity contribution in [2.75, 3.05) is 38.2 Å². The molecule has 1 aromatic carbocycles. The number of thiazole rings is 1. The number of anilines is 1. The van der Waals surface area contributed by atoms with E-state index in [4.69, 9.17) is 9.72 Å². The quantitative estimate of drug-likeness (QED) is 0.313. The van der Waals surface area contributed by atoms with Gasteiger partial charge in [0.05, 0.1) is 51.2 Å². The van der Waals surface area contributed by atoms with Crippen molar-refractivity contribution >= 4 is 60.0 Å². The summed E-state index contributed by atoms with van der Waals surface area (Å²) in [5.41, 5.74) is 4.37. The van der Waals surface area contributed by atoms with Crippen LogP contribution in [0.5, 0.6) is 0 Å². The van der Waals surface area contributed by atoms with Gasteiger partial charge >= 0.3 is 0 Å². The number of morpholine rings is 1. The number of ether oxygens (including phenoxy) is 1. The minimum absolute atomic E-state index is 0.225. The molecule has 1 aliphatic rings. The molecular weight excluding hydrogens is 518 g/mol. The van der Waals surface area contributed by atoms with E-state index in [1.54, 1.807) is 35.2 Å². The SMILES string of the molecule is CC(CN1CCOCC1)Nc1nc2ccc(-n3cnc4c(=O)[nH]c5cnc(-c6cccs6)cc5c43)cc2s1. The third-order valence-corrected chi connectivity index (χ3v) is 8.66. The van der Waals surface area contributed by atoms with E-state index < -0.39 is 0 Å². The Morgan fingerprint density at radius 1 is 1.18 bits per heavy atom. The van der Waals surface area contributed by atoms with Crippen molar-refractivity contribution in [1.82, 2.24) is 29.4 Å². The van der Waals surface area contributed by atoms with E-state index in [9.17, 15) is 4.79 Å². The fourth-order valence-corrected chi connectivity index (χ4v) is 6.72. The van der Waals surface area contributed by atoms with Gasteiger partial charge in [0.2, 0.25) is 0 Å². The first kappa shape index (κ1) is 23.5. The van der Waals surface area contributed by atoms with E-state index in [0.717, 1.165) is 75.4 Å². The summed E-state index contributed by atoms with van der Waals surface area (Å²) >= 11 is 3.27. The monoisotopic (exact) mass is 543 g/mol. The molecule has 0 radical (unpaired) electrons. The van der Waals surface area contributed by atoms with Crippen LogP contribution >= 0.6 is 22.7 Å². The van der Waals surface area contributed by atoms with Crippen LogP contribution in [0.2, 0.25) is 0 Å². The van der Waals surface area contributed by atoms with Crippen molar-refractivity contribution in [2.24, 2.45) is 0 Å². The summed E-state index contributed by atoms with van der Waals surface area (Å²) in [6, 6.07) is 12.5. The maximum atomic E-state index is 12.8. The number of H-pyrrole nitrogens is 1. The lowest BCUT2D eigenvalue weighted by Gasteiger charge is -2.29. The average molecular weight is 544 g/mol. The molecule has 1 saturated heterocycles. The number of imidazole rings is 1. The smallest absolute Gasteiger partial charge is 0.276 e. The lowest BCUT2D eigenvalue weighted by atomic mass is 10.1. The second kappa shape index (κ2) is 9.59. The summed E-state index contributed by atoms with van der Waals surface area (Å²) < 4.78 is 8.51. The molecule has 1 unspecified atom stereocenters. The molecule has 1 fully saturated rings. The van der Waals surface area contributed by atoms with Crippen molar-refractivity contribution < 1.29 is 4.74 Å². The number of rotatable bonds is 6. The highest BCUT2D eigenvalue weighted by Crippen LogP contribution is 2.32. The van der Waals surface area contributed by atoms with E-state index in [0.29, 0.717) is 11.0 Å². The van der Waals surface area contributed by atoms with Gasteiger partial charge in [-0.15, -0.1) is 11.3 Å². The summed E-state index contributed by atoms with van der Waals surface area (Å²) in [6.07, 6.45) is 3.45. The molecule has 0 amide bonds. The van der Waals surface area contributed by atoms with Crippen molar-refractivity contribution in [2.45, 2.75) is 13.0 Å². The van der Waals surface area contributed by atoms with Gasteiger partial charge in [0.25, 0.3) is 5.56 Å². The summed E-state index contributed by atoms with van der Waals surface area (Å²) in [4.78, 5) is 33.1. The van der Waals surface area contributed by atoms with Crippen LogP contribution in [0.1, 0.15) is 6.92 Å². The lowest BCUT2D eigenvalue weighted by molar-refractivity contribution is 0.0368. The Bertz CT molecular complexity index is 1820. The Hall–Kier alpha value is -3.64. The predicted octanol–water partition coefficient (Wildman–Crippen LogP) is 4.73. The molecule has 0 bridgehead atoms. The molecular formula is C27H25N7O2S2. The van der Waals surface area contributed by atoms with Gasteiger partial charge in [-0.1, -0.05) is 17.4 Å². The number of pyridine rings is 2. The zero-order valence-electron chi connectivity index (χ0n) is 20.7. The highest BCUT2D eigenvalue weighted by atomic mass is 32.1. The first-order valence-corrected chi connectivity index (χ1v) is 14.2. The normalized spacial score (nSPS) is 15.5. The Labute approximate surface area is 225 Å². The standard InChI is InChI=1S/C27H25N7O2S2/c1-16(14-33-6-8-36-9-7-33)30-27-32-19-5-4-17(11-23(19)38-27)34-15-29-24-25(34)18-12-20(22-3-2-10-37-22)28-13-21(18)31-26(24)35/h2-5,10-13,15-16H,6-9,14H2,1H3,(H,30,32)(H,31,35). The van der Waals surface area contributed by atoms with Crippen molar-refractivity contribution in [3.05, 3.63) is 64.7 Å². The van der Waals surface area contributed by atoms with Gasteiger partial charge in [0.15, 0.2) is 10.6 Å². The molecule has 0 saturated carbocycles. The van der Waals surface area contributed by atoms with Crippen molar-refractivity contribution in [3.8, 4) is 16.3 Å². The Morgan fingerprint density at radius 3 is 2.92 bits per heavy atom. The summed E-state index contributed by atoms with van der Waals surface area (Å²) in [7, 11) is 0. The average Bonchev–Trinajstić information content (AvgIpc) is 3.68. The first-order valence-electron chi connectivity index (χ1n) is 12.5. The number of thiophene rings is 1. The molecule has 1 atom stereocenters. The molecule has 9 nitrogen and oxygen atoms in total. The number of fused-ring (bicyclic) bond motifs is 4. The fourth-order valence-electron chi connectivity index (χ4n) is 5.01. The molecule has 7 rings (SSSR count). The third kappa shape index (κ3) is 4.27. The molecule has 0 spiro atoms. The molecule has 2 N–H and O–H groups in total. The van der Waals surface area contributed by atoms with Crippen molar-refractivity contribution in [1.29, 1.82) is 0 Å². The number of benzene rings is 1. The number of aromatic nitrogens is 5. The van der Waals surface area contributed by atoms with Crippen LogP contribution in [-0.2, 0) is 4.74 Å². The van der Waals surface area contributed by atoms with Gasteiger partial charge in [0, 0.05) is 36.7 Å². The van der Waals surface area contributed by atoms with Crippen LogP contribution in [-0.4, -0.2) is 68.3 Å². The van der Waals surface area contributed by atoms with Crippen LogP contribution in [0.25, 0.3) is 48.4 Å². The van der Waals surface area contributed by atoms with Gasteiger partial charge in [-0.25, -0.2) is 9.97 Å². The van der Waals surface area contributed by atoms with Gasteiger partial charge in [0.1, 0.15) is 6.33 Å². The molecule has 0 aliphatic carbocycles. The number of hydrogen-bond acceptors (Lipinski definition) is 9. The minimum Gasteiger partial charge on any atom is -0.379 e. The van der Waals surface area contributed by atoms with Crippen LogP contribution in [0.15, 0.2) is 59.1 Å². The van der Waals surface area contributed by atoms with E-state index >= 15 is 0 Å².